The molecule has 8 atom stereocenters. The molecule has 0 saturated carbocycles. The maximum atomic E-state index is 13.4. The Bertz CT molecular complexity index is 1760. The Balaban J connectivity index is 2.72. The first-order valence-electron chi connectivity index (χ1n) is 31.8. The Morgan fingerprint density at radius 2 is 0.900 bits per heavy atom. The van der Waals surface area contributed by atoms with Crippen molar-refractivity contribution in [1.29, 1.82) is 0 Å². The summed E-state index contributed by atoms with van der Waals surface area (Å²) in [5, 5.41) is 57.0. The zero-order chi connectivity index (χ0) is 58.2. The van der Waals surface area contributed by atoms with E-state index in [4.69, 9.17) is 14.2 Å². The number of carbonyl (C=O) groups is 2. The van der Waals surface area contributed by atoms with Gasteiger partial charge in [-0.3, -0.25) is 9.59 Å². The molecule has 0 radical (unpaired) electrons. The van der Waals surface area contributed by atoms with E-state index in [9.17, 15) is 35.1 Å². The van der Waals surface area contributed by atoms with Gasteiger partial charge in [-0.25, -0.2) is 0 Å². The first-order chi connectivity index (χ1) is 39.2. The topological polar surface area (TPSA) is 175 Å². The monoisotopic (exact) mass is 1120 g/mol. The number of carbonyl (C=O) groups excluding carboxylic acids is 2. The Morgan fingerprint density at radius 3 is 1.38 bits per heavy atom. The van der Waals surface area contributed by atoms with E-state index in [1.54, 1.807) is 6.08 Å². The normalized spacial score (nSPS) is 19.6. The molecule has 8 unspecified atom stereocenters. The number of ether oxygens (including phenoxy) is 3. The summed E-state index contributed by atoms with van der Waals surface area (Å²) in [6.45, 7) is 5.60. The highest BCUT2D eigenvalue weighted by Gasteiger charge is 2.47. The molecule has 0 aromatic rings. The van der Waals surface area contributed by atoms with Crippen LogP contribution >= 0.6 is 0 Å². The number of hydrogen-bond donors (Lipinski definition) is 6. The molecule has 0 aliphatic carbocycles. The van der Waals surface area contributed by atoms with Crippen LogP contribution in [-0.4, -0.2) is 99.6 Å². The molecule has 1 amide bonds. The molecule has 1 aliphatic heterocycles. The number of unbranched alkanes of at least 4 members (excludes halogenated alkanes) is 20. The van der Waals surface area contributed by atoms with Crippen molar-refractivity contribution in [3.63, 3.8) is 0 Å². The van der Waals surface area contributed by atoms with E-state index in [0.29, 0.717) is 19.3 Å². The SMILES string of the molecule is CC/C=C\C/C=C\C/C=C\C/C=C\C/C=C\C/C=C\CCC(=O)OC1C(OCC(NC(=O)C(O)CCCCCCCCC/C=C\C/C=C\C/C=C\CCCCC)C(O)/C=C/CCCCCCCCCCCC)OC(CO)C(O)C1O. The van der Waals surface area contributed by atoms with Gasteiger partial charge in [0.1, 0.15) is 24.4 Å². The van der Waals surface area contributed by atoms with Crippen LogP contribution in [0.1, 0.15) is 239 Å². The third-order valence-electron chi connectivity index (χ3n) is 14.1. The molecule has 6 N–H and O–H groups in total. The lowest BCUT2D eigenvalue weighted by molar-refractivity contribution is -0.305. The van der Waals surface area contributed by atoms with Gasteiger partial charge < -0.3 is 45.1 Å². The fraction of sp³-hybridized carbons (Fsp3) is 0.681. The van der Waals surface area contributed by atoms with E-state index < -0.39 is 67.4 Å². The van der Waals surface area contributed by atoms with Crippen LogP contribution < -0.4 is 5.32 Å². The second-order valence-corrected chi connectivity index (χ2v) is 21.4. The van der Waals surface area contributed by atoms with E-state index in [-0.39, 0.29) is 19.4 Å². The minimum absolute atomic E-state index is 0.00883. The number of rotatable bonds is 52. The minimum atomic E-state index is -1.65. The van der Waals surface area contributed by atoms with Crippen LogP contribution in [0, 0.1) is 0 Å². The molecule has 1 saturated heterocycles. The van der Waals surface area contributed by atoms with Gasteiger partial charge in [-0.1, -0.05) is 251 Å². The van der Waals surface area contributed by atoms with Gasteiger partial charge >= 0.3 is 5.97 Å². The predicted molar refractivity (Wildman–Crippen MR) is 333 cm³/mol. The summed E-state index contributed by atoms with van der Waals surface area (Å²) in [5.41, 5.74) is 0. The minimum Gasteiger partial charge on any atom is -0.454 e. The fourth-order valence-electron chi connectivity index (χ4n) is 9.09. The molecule has 0 spiro atoms. The van der Waals surface area contributed by atoms with Crippen LogP contribution in [0.2, 0.25) is 0 Å². The van der Waals surface area contributed by atoms with Gasteiger partial charge in [-0.05, 0) is 103 Å². The summed E-state index contributed by atoms with van der Waals surface area (Å²) < 4.78 is 17.5. The second kappa shape index (κ2) is 55.6. The Kier molecular flexibility index (Phi) is 51.5. The van der Waals surface area contributed by atoms with E-state index in [0.717, 1.165) is 103 Å². The molecule has 1 rings (SSSR count). The van der Waals surface area contributed by atoms with Crippen LogP contribution in [-0.2, 0) is 23.8 Å². The quantitative estimate of drug-likeness (QED) is 0.0195. The van der Waals surface area contributed by atoms with E-state index in [1.165, 1.54) is 83.5 Å². The average Bonchev–Trinajstić information content (AvgIpc) is 3.48. The van der Waals surface area contributed by atoms with Crippen molar-refractivity contribution in [2.75, 3.05) is 13.2 Å². The van der Waals surface area contributed by atoms with Crippen LogP contribution in [0.5, 0.6) is 0 Å². The summed E-state index contributed by atoms with van der Waals surface area (Å²) in [5.74, 6) is -1.30. The molecular formula is C69H115NO10. The third kappa shape index (κ3) is 42.8. The zero-order valence-corrected chi connectivity index (χ0v) is 50.4. The molecule has 0 aromatic heterocycles. The molecule has 0 bridgehead atoms. The zero-order valence-electron chi connectivity index (χ0n) is 50.4. The molecule has 0 aromatic carbocycles. The number of allylic oxidation sites excluding steroid dienone is 19. The number of aliphatic hydroxyl groups excluding tert-OH is 5. The van der Waals surface area contributed by atoms with Gasteiger partial charge in [0, 0.05) is 6.42 Å². The molecule has 1 heterocycles. The third-order valence-corrected chi connectivity index (χ3v) is 14.1. The molecule has 11 heteroatoms. The van der Waals surface area contributed by atoms with Gasteiger partial charge in [0.15, 0.2) is 12.4 Å². The summed E-state index contributed by atoms with van der Waals surface area (Å²) in [6, 6.07) is -1.05. The largest absolute Gasteiger partial charge is 0.454 e. The van der Waals surface area contributed by atoms with E-state index in [1.807, 2.05) is 18.2 Å². The number of aliphatic hydroxyl groups is 5. The van der Waals surface area contributed by atoms with Crippen molar-refractivity contribution in [2.45, 2.75) is 288 Å². The molecular weight excluding hydrogens is 1000 g/mol. The van der Waals surface area contributed by atoms with Crippen LogP contribution in [0.15, 0.2) is 122 Å². The van der Waals surface area contributed by atoms with E-state index >= 15 is 0 Å². The predicted octanol–water partition coefficient (Wildman–Crippen LogP) is 15.4. The summed E-state index contributed by atoms with van der Waals surface area (Å²) >= 11 is 0. The van der Waals surface area contributed by atoms with Gasteiger partial charge in [0.25, 0.3) is 0 Å². The maximum absolute atomic E-state index is 13.4. The lowest BCUT2D eigenvalue weighted by Gasteiger charge is -2.41. The molecule has 80 heavy (non-hydrogen) atoms. The highest BCUT2D eigenvalue weighted by molar-refractivity contribution is 5.80. The first kappa shape index (κ1) is 74.1. The van der Waals surface area contributed by atoms with Crippen molar-refractivity contribution in [1.82, 2.24) is 5.32 Å². The summed E-state index contributed by atoms with van der Waals surface area (Å²) in [6.07, 6.45) is 66.7. The van der Waals surface area contributed by atoms with E-state index in [2.05, 4.69) is 123 Å². The van der Waals surface area contributed by atoms with Gasteiger partial charge in [0.05, 0.1) is 25.4 Å². The molecule has 456 valence electrons. The van der Waals surface area contributed by atoms with Gasteiger partial charge in [-0.15, -0.1) is 0 Å². The van der Waals surface area contributed by atoms with Crippen LogP contribution in [0.4, 0.5) is 0 Å². The number of nitrogens with one attached hydrogen (secondary N) is 1. The Morgan fingerprint density at radius 1 is 0.500 bits per heavy atom. The molecule has 1 fully saturated rings. The van der Waals surface area contributed by atoms with Crippen molar-refractivity contribution in [3.8, 4) is 0 Å². The Hall–Kier alpha value is -3.94. The number of amides is 1. The highest BCUT2D eigenvalue weighted by atomic mass is 16.7. The summed E-state index contributed by atoms with van der Waals surface area (Å²) in [4.78, 5) is 26.5. The highest BCUT2D eigenvalue weighted by Crippen LogP contribution is 2.26. The van der Waals surface area contributed by atoms with Crippen molar-refractivity contribution < 1.29 is 49.3 Å². The average molecular weight is 1120 g/mol. The first-order valence-corrected chi connectivity index (χ1v) is 31.8. The number of esters is 1. The number of hydrogen-bond acceptors (Lipinski definition) is 10. The lowest BCUT2D eigenvalue weighted by Crippen LogP contribution is -2.61. The fourth-order valence-corrected chi connectivity index (χ4v) is 9.09. The van der Waals surface area contributed by atoms with Gasteiger partial charge in [0.2, 0.25) is 5.91 Å². The maximum Gasteiger partial charge on any atom is 0.306 e. The standard InChI is InChI=1S/C69H115NO10/c1-4-7-10-13-16-19-22-25-27-29-31-33-34-36-38-41-44-47-50-53-56-62(73)68(77)70-60(61(72)55-52-49-46-43-40-24-21-18-15-12-9-6-3)59-78-69-67(66(76)65(75)63(58-71)79-69)80-64(74)57-54-51-48-45-42-39-37-35-32-30-28-26-23-20-17-14-11-8-5-2/h8,11,16-17,19-20,25-28,31-33,35,39,42,48,51-52,55,60-63,65-67,69,71-73,75-76H,4-7,9-10,12-15,18,21-24,29-30,34,36-38,40-41,43-47,49-50,53-54,56-59H2,1-3H3,(H,70,77)/b11-8-,19-16-,20-17-,27-25-,28-26-,33-31-,35-32-,42-39-,51-48-,55-52+. The molecule has 1 aliphatic rings. The lowest BCUT2D eigenvalue weighted by atomic mass is 9.99. The smallest absolute Gasteiger partial charge is 0.306 e. The van der Waals surface area contributed by atoms with Crippen molar-refractivity contribution >= 4 is 11.9 Å². The van der Waals surface area contributed by atoms with Crippen LogP contribution in [0.25, 0.3) is 0 Å². The van der Waals surface area contributed by atoms with Crippen molar-refractivity contribution in [2.24, 2.45) is 0 Å². The Labute approximate surface area is 487 Å². The summed E-state index contributed by atoms with van der Waals surface area (Å²) in [7, 11) is 0. The van der Waals surface area contributed by atoms with Crippen LogP contribution in [0.3, 0.4) is 0 Å². The molecule has 11 nitrogen and oxygen atoms in total. The van der Waals surface area contributed by atoms with Crippen molar-refractivity contribution in [3.05, 3.63) is 122 Å². The second-order valence-electron chi connectivity index (χ2n) is 21.4. The van der Waals surface area contributed by atoms with Gasteiger partial charge in [-0.2, -0.15) is 0 Å².